The first-order chi connectivity index (χ1) is 6.11. The van der Waals surface area contributed by atoms with Gasteiger partial charge in [-0.2, -0.15) is 0 Å². The fourth-order valence-corrected chi connectivity index (χ4v) is 1.22. The molecular weight excluding hydrogens is 164 g/mol. The van der Waals surface area contributed by atoms with Gasteiger partial charge in [0.05, 0.1) is 0 Å². The normalized spacial score (nSPS) is 12.9. The van der Waals surface area contributed by atoms with Crippen LogP contribution in [0.5, 0.6) is 0 Å². The molecule has 13 heavy (non-hydrogen) atoms. The van der Waals surface area contributed by atoms with E-state index in [0.29, 0.717) is 0 Å². The van der Waals surface area contributed by atoms with Gasteiger partial charge in [-0.15, -0.1) is 0 Å². The topological polar surface area (TPSA) is 47.1 Å². The van der Waals surface area contributed by atoms with E-state index < -0.39 is 0 Å². The fourth-order valence-electron chi connectivity index (χ4n) is 1.22. The highest BCUT2D eigenvalue weighted by Crippen LogP contribution is 2.07. The molecule has 1 unspecified atom stereocenters. The Kier molecular flexibility index (Phi) is 3.31. The Morgan fingerprint density at radius 3 is 2.85 bits per heavy atom. The van der Waals surface area contributed by atoms with Crippen molar-refractivity contribution in [3.05, 3.63) is 12.4 Å². The Bertz CT molecular complexity index is 254. The number of rotatable bonds is 4. The summed E-state index contributed by atoms with van der Waals surface area (Å²) in [5.41, 5.74) is 5.68. The van der Waals surface area contributed by atoms with Crippen molar-refractivity contribution in [2.45, 2.75) is 19.4 Å². The van der Waals surface area contributed by atoms with E-state index in [1.807, 2.05) is 31.8 Å². The number of anilines is 1. The number of aromatic nitrogens is 2. The van der Waals surface area contributed by atoms with Crippen LogP contribution >= 0.6 is 0 Å². The molecule has 1 rings (SSSR count). The summed E-state index contributed by atoms with van der Waals surface area (Å²) in [6.45, 7) is 2.97. The van der Waals surface area contributed by atoms with Crippen LogP contribution in [0.1, 0.15) is 13.3 Å². The Hall–Kier alpha value is -1.03. The third-order valence-electron chi connectivity index (χ3n) is 2.06. The van der Waals surface area contributed by atoms with Crippen molar-refractivity contribution in [1.29, 1.82) is 0 Å². The van der Waals surface area contributed by atoms with Gasteiger partial charge in [0.25, 0.3) is 0 Å². The molecule has 0 saturated heterocycles. The molecule has 1 atom stereocenters. The van der Waals surface area contributed by atoms with Crippen molar-refractivity contribution in [3.8, 4) is 0 Å². The zero-order valence-corrected chi connectivity index (χ0v) is 8.57. The predicted octanol–water partition coefficient (Wildman–Crippen LogP) is 0.594. The van der Waals surface area contributed by atoms with Gasteiger partial charge in [-0.1, -0.05) is 0 Å². The van der Waals surface area contributed by atoms with E-state index in [1.54, 1.807) is 6.20 Å². The van der Waals surface area contributed by atoms with Gasteiger partial charge in [0.15, 0.2) is 0 Å². The first-order valence-electron chi connectivity index (χ1n) is 4.55. The molecule has 74 valence electrons. The highest BCUT2D eigenvalue weighted by atomic mass is 15.3. The molecule has 0 fully saturated rings. The molecule has 0 amide bonds. The molecule has 2 N–H and O–H groups in total. The first-order valence-corrected chi connectivity index (χ1v) is 4.55. The molecule has 4 nitrogen and oxygen atoms in total. The molecule has 0 aliphatic rings. The lowest BCUT2D eigenvalue weighted by molar-refractivity contribution is 0.647. The van der Waals surface area contributed by atoms with Crippen LogP contribution in [0.25, 0.3) is 0 Å². The Balaban J connectivity index is 2.49. The standard InChI is InChI=1S/C9H18N4/c1-8(10)4-6-12(2)9-11-5-7-13(9)3/h5,7-8H,4,6,10H2,1-3H3. The average molecular weight is 182 g/mol. The molecule has 4 heteroatoms. The van der Waals surface area contributed by atoms with Crippen LogP contribution < -0.4 is 10.6 Å². The van der Waals surface area contributed by atoms with Gasteiger partial charge >= 0.3 is 0 Å². The number of hydrogen-bond donors (Lipinski definition) is 1. The summed E-state index contributed by atoms with van der Waals surface area (Å²) in [7, 11) is 4.02. The van der Waals surface area contributed by atoms with E-state index in [9.17, 15) is 0 Å². The van der Waals surface area contributed by atoms with Crippen LogP contribution in [0.3, 0.4) is 0 Å². The smallest absolute Gasteiger partial charge is 0.204 e. The zero-order valence-electron chi connectivity index (χ0n) is 8.57. The average Bonchev–Trinajstić information content (AvgIpc) is 2.47. The van der Waals surface area contributed by atoms with E-state index in [4.69, 9.17) is 5.73 Å². The lowest BCUT2D eigenvalue weighted by atomic mass is 10.2. The molecule has 0 spiro atoms. The van der Waals surface area contributed by atoms with Crippen LogP contribution in [0.4, 0.5) is 5.95 Å². The maximum absolute atomic E-state index is 5.68. The van der Waals surface area contributed by atoms with Gasteiger partial charge in [-0.25, -0.2) is 4.98 Å². The number of nitrogens with two attached hydrogens (primary N) is 1. The molecular formula is C9H18N4. The Morgan fingerprint density at radius 2 is 2.38 bits per heavy atom. The summed E-state index contributed by atoms with van der Waals surface area (Å²) in [6.07, 6.45) is 4.73. The summed E-state index contributed by atoms with van der Waals surface area (Å²) < 4.78 is 2.00. The molecule has 0 aliphatic carbocycles. The van der Waals surface area contributed by atoms with Gasteiger partial charge in [0, 0.05) is 39.1 Å². The predicted molar refractivity (Wildman–Crippen MR) is 54.7 cm³/mol. The first kappa shape index (κ1) is 10.1. The lowest BCUT2D eigenvalue weighted by Crippen LogP contribution is -2.27. The van der Waals surface area contributed by atoms with Crippen molar-refractivity contribution in [2.24, 2.45) is 12.8 Å². The van der Waals surface area contributed by atoms with Crippen molar-refractivity contribution in [1.82, 2.24) is 9.55 Å². The Morgan fingerprint density at radius 1 is 1.69 bits per heavy atom. The van der Waals surface area contributed by atoms with E-state index in [0.717, 1.165) is 18.9 Å². The van der Waals surface area contributed by atoms with Crippen LogP contribution in [0.15, 0.2) is 12.4 Å². The summed E-state index contributed by atoms with van der Waals surface area (Å²) in [6, 6.07) is 0.253. The highest BCUT2D eigenvalue weighted by molar-refractivity contribution is 5.28. The highest BCUT2D eigenvalue weighted by Gasteiger charge is 2.05. The van der Waals surface area contributed by atoms with Crippen molar-refractivity contribution in [3.63, 3.8) is 0 Å². The maximum Gasteiger partial charge on any atom is 0.204 e. The number of aryl methyl sites for hydroxylation is 1. The molecule has 0 aromatic carbocycles. The molecule has 0 bridgehead atoms. The SMILES string of the molecule is CC(N)CCN(C)c1nccn1C. The van der Waals surface area contributed by atoms with Gasteiger partial charge < -0.3 is 15.2 Å². The summed E-state index contributed by atoms with van der Waals surface area (Å²) in [5.74, 6) is 0.987. The van der Waals surface area contributed by atoms with E-state index in [2.05, 4.69) is 9.88 Å². The number of hydrogen-bond acceptors (Lipinski definition) is 3. The van der Waals surface area contributed by atoms with Crippen molar-refractivity contribution >= 4 is 5.95 Å². The zero-order chi connectivity index (χ0) is 9.84. The summed E-state index contributed by atoms with van der Waals surface area (Å²) >= 11 is 0. The molecule has 1 aromatic rings. The van der Waals surface area contributed by atoms with Crippen LogP contribution in [-0.4, -0.2) is 29.2 Å². The summed E-state index contributed by atoms with van der Waals surface area (Å²) in [4.78, 5) is 6.36. The molecule has 0 saturated carbocycles. The van der Waals surface area contributed by atoms with Crippen molar-refractivity contribution in [2.75, 3.05) is 18.5 Å². The fraction of sp³-hybridized carbons (Fsp3) is 0.667. The van der Waals surface area contributed by atoms with Gasteiger partial charge in [-0.05, 0) is 13.3 Å². The number of nitrogens with zero attached hydrogens (tertiary/aromatic N) is 3. The second-order valence-corrected chi connectivity index (χ2v) is 3.53. The monoisotopic (exact) mass is 182 g/mol. The number of imidazole rings is 1. The van der Waals surface area contributed by atoms with Crippen LogP contribution in [0.2, 0.25) is 0 Å². The third-order valence-corrected chi connectivity index (χ3v) is 2.06. The van der Waals surface area contributed by atoms with E-state index >= 15 is 0 Å². The minimum atomic E-state index is 0.253. The molecule has 0 radical (unpaired) electrons. The summed E-state index contributed by atoms with van der Waals surface area (Å²) in [5, 5.41) is 0. The van der Waals surface area contributed by atoms with Gasteiger partial charge in [0.1, 0.15) is 0 Å². The lowest BCUT2D eigenvalue weighted by Gasteiger charge is -2.18. The van der Waals surface area contributed by atoms with Gasteiger partial charge in [0.2, 0.25) is 5.95 Å². The molecule has 0 aliphatic heterocycles. The third kappa shape index (κ3) is 2.73. The van der Waals surface area contributed by atoms with E-state index in [-0.39, 0.29) is 6.04 Å². The molecule has 1 heterocycles. The second kappa shape index (κ2) is 4.28. The van der Waals surface area contributed by atoms with Crippen LogP contribution in [-0.2, 0) is 7.05 Å². The molecule has 1 aromatic heterocycles. The maximum atomic E-state index is 5.68. The van der Waals surface area contributed by atoms with E-state index in [1.165, 1.54) is 0 Å². The van der Waals surface area contributed by atoms with Gasteiger partial charge in [-0.3, -0.25) is 0 Å². The largest absolute Gasteiger partial charge is 0.345 e. The van der Waals surface area contributed by atoms with Crippen LogP contribution in [0, 0.1) is 0 Å². The second-order valence-electron chi connectivity index (χ2n) is 3.53. The Labute approximate surface area is 79.4 Å². The minimum Gasteiger partial charge on any atom is -0.345 e. The van der Waals surface area contributed by atoms with Crippen molar-refractivity contribution < 1.29 is 0 Å². The quantitative estimate of drug-likeness (QED) is 0.741. The minimum absolute atomic E-state index is 0.253.